The van der Waals surface area contributed by atoms with Gasteiger partial charge >= 0.3 is 0 Å². The lowest BCUT2D eigenvalue weighted by atomic mass is 10.3. The summed E-state index contributed by atoms with van der Waals surface area (Å²) in [5.41, 5.74) is 1.20. The van der Waals surface area contributed by atoms with Gasteiger partial charge in [-0.15, -0.1) is 11.3 Å². The molecule has 1 atom stereocenters. The Kier molecular flexibility index (Phi) is 5.76. The highest BCUT2D eigenvalue weighted by molar-refractivity contribution is 7.15. The molecule has 2 heterocycles. The minimum absolute atomic E-state index is 0.378. The number of nitrogens with one attached hydrogen (secondary N) is 1. The van der Waals surface area contributed by atoms with Crippen molar-refractivity contribution in [3.8, 4) is 0 Å². The topological polar surface area (TPSA) is 46.0 Å². The first kappa shape index (κ1) is 16.0. The third-order valence-corrected chi connectivity index (χ3v) is 4.48. The Bertz CT molecular complexity index is 544. The molecule has 2 aromatic heterocycles. The summed E-state index contributed by atoms with van der Waals surface area (Å²) in [6.45, 7) is 12.3. The van der Waals surface area contributed by atoms with Gasteiger partial charge in [0.15, 0.2) is 5.13 Å². The molecular formula is C15H25N5S. The Morgan fingerprint density at radius 1 is 1.33 bits per heavy atom. The summed E-state index contributed by atoms with van der Waals surface area (Å²) in [6, 6.07) is 0.378. The zero-order valence-corrected chi connectivity index (χ0v) is 14.2. The number of hydrogen-bond donors (Lipinski definition) is 1. The van der Waals surface area contributed by atoms with E-state index in [1.54, 1.807) is 11.3 Å². The highest BCUT2D eigenvalue weighted by Gasteiger charge is 2.09. The molecular weight excluding hydrogens is 282 g/mol. The zero-order chi connectivity index (χ0) is 15.2. The predicted molar refractivity (Wildman–Crippen MR) is 88.9 cm³/mol. The molecule has 0 aromatic carbocycles. The van der Waals surface area contributed by atoms with E-state index in [1.807, 2.05) is 17.1 Å². The molecule has 0 fully saturated rings. The van der Waals surface area contributed by atoms with Crippen molar-refractivity contribution < 1.29 is 0 Å². The number of hydrogen-bond acceptors (Lipinski definition) is 5. The fraction of sp³-hybridized carbons (Fsp3) is 0.600. The van der Waals surface area contributed by atoms with E-state index in [0.29, 0.717) is 6.04 Å². The Hall–Kier alpha value is -1.40. The summed E-state index contributed by atoms with van der Waals surface area (Å²) in [4.78, 5) is 8.07. The lowest BCUT2D eigenvalue weighted by molar-refractivity contribution is 0.452. The van der Waals surface area contributed by atoms with Gasteiger partial charge in [-0.05, 0) is 33.3 Å². The number of aromatic nitrogens is 3. The second kappa shape index (κ2) is 7.56. The smallest absolute Gasteiger partial charge is 0.185 e. The van der Waals surface area contributed by atoms with Crippen molar-refractivity contribution >= 4 is 16.5 Å². The van der Waals surface area contributed by atoms with Gasteiger partial charge in [-0.1, -0.05) is 0 Å². The first-order valence-corrected chi connectivity index (χ1v) is 8.36. The first-order chi connectivity index (χ1) is 10.1. The quantitative estimate of drug-likeness (QED) is 0.814. The summed E-state index contributed by atoms with van der Waals surface area (Å²) in [7, 11) is 0. The van der Waals surface area contributed by atoms with Crippen LogP contribution in [0.3, 0.4) is 0 Å². The molecule has 2 rings (SSSR count). The number of nitrogens with zero attached hydrogens (tertiary/aromatic N) is 4. The van der Waals surface area contributed by atoms with Gasteiger partial charge in [-0.3, -0.25) is 4.68 Å². The van der Waals surface area contributed by atoms with Crippen molar-refractivity contribution in [2.75, 3.05) is 18.0 Å². The van der Waals surface area contributed by atoms with Crippen LogP contribution in [0, 0.1) is 6.92 Å². The van der Waals surface area contributed by atoms with Crippen LogP contribution < -0.4 is 10.2 Å². The Labute approximate surface area is 131 Å². The second-order valence-corrected chi connectivity index (χ2v) is 6.40. The highest BCUT2D eigenvalue weighted by atomic mass is 32.1. The molecule has 0 aliphatic heterocycles. The molecule has 21 heavy (non-hydrogen) atoms. The Morgan fingerprint density at radius 2 is 2.10 bits per heavy atom. The van der Waals surface area contributed by atoms with Crippen LogP contribution in [-0.2, 0) is 13.1 Å². The van der Waals surface area contributed by atoms with E-state index in [-0.39, 0.29) is 0 Å². The zero-order valence-electron chi connectivity index (χ0n) is 13.3. The van der Waals surface area contributed by atoms with Gasteiger partial charge in [0.05, 0.1) is 12.7 Å². The summed E-state index contributed by atoms with van der Waals surface area (Å²) >= 11 is 1.77. The SMILES string of the molecule is CCN(CC)c1ncc(CNC(C)Cn2cc(C)cn2)s1. The average molecular weight is 307 g/mol. The van der Waals surface area contributed by atoms with E-state index in [9.17, 15) is 0 Å². The summed E-state index contributed by atoms with van der Waals surface area (Å²) in [5.74, 6) is 0. The van der Waals surface area contributed by atoms with Gasteiger partial charge in [-0.25, -0.2) is 4.98 Å². The maximum absolute atomic E-state index is 4.51. The largest absolute Gasteiger partial charge is 0.349 e. The molecule has 0 aliphatic rings. The van der Waals surface area contributed by atoms with E-state index in [4.69, 9.17) is 0 Å². The van der Waals surface area contributed by atoms with E-state index in [0.717, 1.165) is 31.3 Å². The van der Waals surface area contributed by atoms with Crippen LogP contribution in [0.15, 0.2) is 18.6 Å². The van der Waals surface area contributed by atoms with E-state index < -0.39 is 0 Å². The van der Waals surface area contributed by atoms with Gasteiger partial charge < -0.3 is 10.2 Å². The van der Waals surface area contributed by atoms with Crippen LogP contribution in [0.1, 0.15) is 31.2 Å². The van der Waals surface area contributed by atoms with Gasteiger partial charge in [0.2, 0.25) is 0 Å². The second-order valence-electron chi connectivity index (χ2n) is 5.30. The van der Waals surface area contributed by atoms with E-state index in [2.05, 4.69) is 54.2 Å². The highest BCUT2D eigenvalue weighted by Crippen LogP contribution is 2.22. The Morgan fingerprint density at radius 3 is 2.71 bits per heavy atom. The van der Waals surface area contributed by atoms with Crippen LogP contribution >= 0.6 is 11.3 Å². The molecule has 1 N–H and O–H groups in total. The fourth-order valence-corrected chi connectivity index (χ4v) is 3.19. The molecule has 0 bridgehead atoms. The number of thiazole rings is 1. The van der Waals surface area contributed by atoms with Gasteiger partial charge in [-0.2, -0.15) is 5.10 Å². The minimum Gasteiger partial charge on any atom is -0.349 e. The predicted octanol–water partition coefficient (Wildman–Crippen LogP) is 2.67. The van der Waals surface area contributed by atoms with Crippen LogP contribution in [0.2, 0.25) is 0 Å². The van der Waals surface area contributed by atoms with Crippen LogP contribution in [0.4, 0.5) is 5.13 Å². The fourth-order valence-electron chi connectivity index (χ4n) is 2.21. The Balaban J connectivity index is 1.82. The van der Waals surface area contributed by atoms with Gasteiger partial charge in [0.25, 0.3) is 0 Å². The minimum atomic E-state index is 0.378. The summed E-state index contributed by atoms with van der Waals surface area (Å²) in [6.07, 6.45) is 5.95. The lowest BCUT2D eigenvalue weighted by Gasteiger charge is -2.16. The average Bonchev–Trinajstić information content (AvgIpc) is 3.08. The van der Waals surface area contributed by atoms with Crippen molar-refractivity contribution in [1.82, 2.24) is 20.1 Å². The third kappa shape index (κ3) is 4.54. The normalized spacial score (nSPS) is 12.6. The molecule has 0 saturated heterocycles. The van der Waals surface area contributed by atoms with Gasteiger partial charge in [0, 0.05) is 42.9 Å². The molecule has 1 unspecified atom stereocenters. The molecule has 0 amide bonds. The summed E-state index contributed by atoms with van der Waals surface area (Å²) in [5, 5.41) is 8.97. The van der Waals surface area contributed by atoms with Crippen LogP contribution in [-0.4, -0.2) is 33.9 Å². The van der Waals surface area contributed by atoms with Crippen molar-refractivity contribution in [2.24, 2.45) is 0 Å². The summed E-state index contributed by atoms with van der Waals surface area (Å²) < 4.78 is 1.99. The standard InChI is InChI=1S/C15H25N5S/c1-5-19(6-2)15-17-9-14(21-15)8-16-13(4)11-20-10-12(3)7-18-20/h7,9-10,13,16H,5-6,8,11H2,1-4H3. The van der Waals surface area contributed by atoms with E-state index >= 15 is 0 Å². The van der Waals surface area contributed by atoms with Crippen LogP contribution in [0.5, 0.6) is 0 Å². The van der Waals surface area contributed by atoms with Crippen molar-refractivity contribution in [2.45, 2.75) is 46.8 Å². The van der Waals surface area contributed by atoms with Crippen molar-refractivity contribution in [3.63, 3.8) is 0 Å². The number of rotatable bonds is 8. The number of aryl methyl sites for hydroxylation is 1. The van der Waals surface area contributed by atoms with Crippen LogP contribution in [0.25, 0.3) is 0 Å². The molecule has 2 aromatic rings. The maximum Gasteiger partial charge on any atom is 0.185 e. The molecule has 6 heteroatoms. The molecule has 0 spiro atoms. The molecule has 0 radical (unpaired) electrons. The molecule has 116 valence electrons. The molecule has 0 aliphatic carbocycles. The lowest BCUT2D eigenvalue weighted by Crippen LogP contribution is -2.29. The van der Waals surface area contributed by atoms with Gasteiger partial charge in [0.1, 0.15) is 0 Å². The molecule has 5 nitrogen and oxygen atoms in total. The monoisotopic (exact) mass is 307 g/mol. The third-order valence-electron chi connectivity index (χ3n) is 3.42. The number of anilines is 1. The van der Waals surface area contributed by atoms with E-state index in [1.165, 1.54) is 10.4 Å². The van der Waals surface area contributed by atoms with Crippen molar-refractivity contribution in [3.05, 3.63) is 29.0 Å². The van der Waals surface area contributed by atoms with Crippen molar-refractivity contribution in [1.29, 1.82) is 0 Å². The molecule has 0 saturated carbocycles. The maximum atomic E-state index is 4.51. The first-order valence-electron chi connectivity index (χ1n) is 7.54.